The molecule has 2 amide bonds. The standard InChI is InChI=1S/C23H27BrN6O2/c1-26-23(31)28-8-4-20-18(14-28)22(27-30(20)17-5-9-32-10-6-17)29-7-2-3-15-11-19(24)16(13-25)12-21(15)29/h11-12,17H,2-10,14H2,1H3,(H,26,31). The molecule has 0 radical (unpaired) electrons. The number of nitrogens with zero attached hydrogens (tertiary/aromatic N) is 5. The number of anilines is 2. The molecule has 1 aromatic carbocycles. The highest BCUT2D eigenvalue weighted by Gasteiger charge is 2.34. The number of fused-ring (bicyclic) bond motifs is 2. The number of amides is 2. The van der Waals surface area contributed by atoms with Crippen LogP contribution in [0.2, 0.25) is 0 Å². The zero-order valence-corrected chi connectivity index (χ0v) is 19.8. The van der Waals surface area contributed by atoms with Crippen molar-refractivity contribution in [1.82, 2.24) is 20.0 Å². The van der Waals surface area contributed by atoms with Gasteiger partial charge in [-0.15, -0.1) is 0 Å². The molecule has 0 saturated carbocycles. The van der Waals surface area contributed by atoms with Crippen molar-refractivity contribution >= 4 is 33.5 Å². The van der Waals surface area contributed by atoms with E-state index in [4.69, 9.17) is 9.84 Å². The highest BCUT2D eigenvalue weighted by atomic mass is 79.9. The second-order valence-corrected chi connectivity index (χ2v) is 9.45. The van der Waals surface area contributed by atoms with Crippen LogP contribution < -0.4 is 10.2 Å². The molecule has 0 atom stereocenters. The lowest BCUT2D eigenvalue weighted by atomic mass is 9.98. The maximum atomic E-state index is 12.4. The van der Waals surface area contributed by atoms with Crippen LogP contribution in [0.3, 0.4) is 0 Å². The zero-order chi connectivity index (χ0) is 22.2. The Bertz CT molecular complexity index is 1090. The summed E-state index contributed by atoms with van der Waals surface area (Å²) in [7, 11) is 1.67. The van der Waals surface area contributed by atoms with Gasteiger partial charge in [0.25, 0.3) is 0 Å². The zero-order valence-electron chi connectivity index (χ0n) is 18.2. The van der Waals surface area contributed by atoms with Crippen molar-refractivity contribution in [3.8, 4) is 6.07 Å². The van der Waals surface area contributed by atoms with Crippen LogP contribution in [0.25, 0.3) is 0 Å². The quantitative estimate of drug-likeness (QED) is 0.682. The first kappa shape index (κ1) is 21.3. The van der Waals surface area contributed by atoms with Gasteiger partial charge in [-0.2, -0.15) is 10.4 Å². The molecule has 3 aliphatic rings. The monoisotopic (exact) mass is 498 g/mol. The van der Waals surface area contributed by atoms with Gasteiger partial charge in [0.2, 0.25) is 0 Å². The number of aryl methyl sites for hydroxylation is 1. The maximum Gasteiger partial charge on any atom is 0.317 e. The predicted octanol–water partition coefficient (Wildman–Crippen LogP) is 3.65. The smallest absolute Gasteiger partial charge is 0.317 e. The minimum Gasteiger partial charge on any atom is -0.381 e. The third kappa shape index (κ3) is 3.65. The van der Waals surface area contributed by atoms with Crippen molar-refractivity contribution in [2.45, 2.75) is 44.7 Å². The largest absolute Gasteiger partial charge is 0.381 e. The van der Waals surface area contributed by atoms with E-state index in [9.17, 15) is 10.1 Å². The van der Waals surface area contributed by atoms with E-state index in [2.05, 4.69) is 43.0 Å². The fourth-order valence-corrected chi connectivity index (χ4v) is 5.60. The number of benzene rings is 1. The summed E-state index contributed by atoms with van der Waals surface area (Å²) in [6.45, 7) is 3.58. The second kappa shape index (κ2) is 8.75. The minimum atomic E-state index is -0.0600. The van der Waals surface area contributed by atoms with Gasteiger partial charge in [0.05, 0.1) is 18.2 Å². The van der Waals surface area contributed by atoms with Crippen molar-refractivity contribution in [1.29, 1.82) is 5.26 Å². The molecular formula is C23H27BrN6O2. The van der Waals surface area contributed by atoms with E-state index in [0.717, 1.165) is 73.4 Å². The fraction of sp³-hybridized carbons (Fsp3) is 0.522. The molecule has 1 N–H and O–H groups in total. The van der Waals surface area contributed by atoms with Crippen LogP contribution in [-0.2, 0) is 24.1 Å². The summed E-state index contributed by atoms with van der Waals surface area (Å²) < 4.78 is 8.64. The Hall–Kier alpha value is -2.57. The Kier molecular flexibility index (Phi) is 5.82. The normalized spacial score (nSPS) is 18.7. The van der Waals surface area contributed by atoms with E-state index in [1.165, 1.54) is 11.3 Å². The molecular weight excluding hydrogens is 472 g/mol. The number of aromatic nitrogens is 2. The molecule has 9 heteroatoms. The van der Waals surface area contributed by atoms with Crippen molar-refractivity contribution in [3.05, 3.63) is 39.0 Å². The minimum absolute atomic E-state index is 0.0600. The lowest BCUT2D eigenvalue weighted by Crippen LogP contribution is -2.42. The maximum absolute atomic E-state index is 12.4. The lowest BCUT2D eigenvalue weighted by Gasteiger charge is -2.33. The summed E-state index contributed by atoms with van der Waals surface area (Å²) in [6, 6.07) is 6.59. The predicted molar refractivity (Wildman–Crippen MR) is 124 cm³/mol. The SMILES string of the molecule is CNC(=O)N1CCc2c(c(N3CCCc4cc(Br)c(C#N)cc43)nn2C2CCOCC2)C1. The Morgan fingerprint density at radius 2 is 2.09 bits per heavy atom. The second-order valence-electron chi connectivity index (χ2n) is 8.59. The molecule has 3 aliphatic heterocycles. The van der Waals surface area contributed by atoms with E-state index in [1.807, 2.05) is 11.0 Å². The van der Waals surface area contributed by atoms with E-state index >= 15 is 0 Å². The third-order valence-electron chi connectivity index (χ3n) is 6.77. The van der Waals surface area contributed by atoms with Crippen LogP contribution in [0.1, 0.15) is 47.7 Å². The molecule has 168 valence electrons. The molecule has 8 nitrogen and oxygen atoms in total. The van der Waals surface area contributed by atoms with Crippen molar-refractivity contribution < 1.29 is 9.53 Å². The summed E-state index contributed by atoms with van der Waals surface area (Å²) in [6.07, 6.45) is 4.69. The molecule has 5 rings (SSSR count). The average Bonchev–Trinajstić information content (AvgIpc) is 3.22. The Morgan fingerprint density at radius 3 is 2.84 bits per heavy atom. The van der Waals surface area contributed by atoms with Crippen LogP contribution in [-0.4, -0.2) is 54.1 Å². The molecule has 0 spiro atoms. The summed E-state index contributed by atoms with van der Waals surface area (Å²) in [4.78, 5) is 16.5. The first-order valence-corrected chi connectivity index (χ1v) is 12.0. The van der Waals surface area contributed by atoms with Crippen LogP contribution >= 0.6 is 15.9 Å². The fourth-order valence-electron chi connectivity index (χ4n) is 5.12. The molecule has 0 bridgehead atoms. The van der Waals surface area contributed by atoms with Gasteiger partial charge < -0.3 is 19.9 Å². The topological polar surface area (TPSA) is 86.4 Å². The number of nitrogens with one attached hydrogen (secondary N) is 1. The Morgan fingerprint density at radius 1 is 1.28 bits per heavy atom. The van der Waals surface area contributed by atoms with Gasteiger partial charge in [0.15, 0.2) is 5.82 Å². The summed E-state index contributed by atoms with van der Waals surface area (Å²) in [5.41, 5.74) is 5.25. The number of nitriles is 1. The Labute approximate surface area is 196 Å². The number of hydrogen-bond acceptors (Lipinski definition) is 5. The van der Waals surface area contributed by atoms with Gasteiger partial charge in [-0.3, -0.25) is 4.68 Å². The van der Waals surface area contributed by atoms with Crippen LogP contribution in [0.4, 0.5) is 16.3 Å². The number of hydrogen-bond donors (Lipinski definition) is 1. The van der Waals surface area contributed by atoms with E-state index in [-0.39, 0.29) is 6.03 Å². The molecule has 1 saturated heterocycles. The van der Waals surface area contributed by atoms with Crippen LogP contribution in [0.5, 0.6) is 0 Å². The average molecular weight is 499 g/mol. The molecule has 4 heterocycles. The molecule has 0 aliphatic carbocycles. The third-order valence-corrected chi connectivity index (χ3v) is 7.42. The number of carbonyl (C=O) groups is 1. The summed E-state index contributed by atoms with van der Waals surface area (Å²) in [5.74, 6) is 0.923. The van der Waals surface area contributed by atoms with Crippen LogP contribution in [0, 0.1) is 11.3 Å². The van der Waals surface area contributed by atoms with Gasteiger partial charge in [-0.25, -0.2) is 4.79 Å². The first-order chi connectivity index (χ1) is 15.6. The van der Waals surface area contributed by atoms with Gasteiger partial charge in [0.1, 0.15) is 6.07 Å². The van der Waals surface area contributed by atoms with Crippen molar-refractivity contribution in [2.75, 3.05) is 38.3 Å². The van der Waals surface area contributed by atoms with Gasteiger partial charge in [-0.1, -0.05) is 0 Å². The summed E-state index contributed by atoms with van der Waals surface area (Å²) in [5, 5.41) is 17.5. The van der Waals surface area contributed by atoms with Gasteiger partial charge in [-0.05, 0) is 59.3 Å². The number of carbonyl (C=O) groups excluding carboxylic acids is 1. The molecule has 0 unspecified atom stereocenters. The Balaban J connectivity index is 1.61. The highest BCUT2D eigenvalue weighted by molar-refractivity contribution is 9.10. The van der Waals surface area contributed by atoms with Crippen molar-refractivity contribution in [3.63, 3.8) is 0 Å². The first-order valence-electron chi connectivity index (χ1n) is 11.3. The number of ether oxygens (including phenoxy) is 1. The summed E-state index contributed by atoms with van der Waals surface area (Å²) >= 11 is 3.54. The highest BCUT2D eigenvalue weighted by Crippen LogP contribution is 2.41. The van der Waals surface area contributed by atoms with Gasteiger partial charge in [0, 0.05) is 61.2 Å². The number of urea groups is 1. The molecule has 1 aromatic heterocycles. The van der Waals surface area contributed by atoms with E-state index in [0.29, 0.717) is 24.7 Å². The number of halogens is 1. The molecule has 32 heavy (non-hydrogen) atoms. The van der Waals surface area contributed by atoms with Crippen molar-refractivity contribution in [2.24, 2.45) is 0 Å². The number of rotatable bonds is 2. The van der Waals surface area contributed by atoms with E-state index in [1.54, 1.807) is 7.05 Å². The van der Waals surface area contributed by atoms with Crippen LogP contribution in [0.15, 0.2) is 16.6 Å². The molecule has 1 fully saturated rings. The van der Waals surface area contributed by atoms with E-state index < -0.39 is 0 Å². The van der Waals surface area contributed by atoms with Gasteiger partial charge >= 0.3 is 6.03 Å². The lowest BCUT2D eigenvalue weighted by molar-refractivity contribution is 0.0651. The molecule has 2 aromatic rings.